The number of carbonyl (C=O) groups excluding carboxylic acids is 1. The molecule has 1 amide bonds. The number of likely N-dealkylation sites (tertiary alicyclic amines) is 1. The van der Waals surface area contributed by atoms with Crippen LogP contribution in [0.4, 0.5) is 10.2 Å². The highest BCUT2D eigenvalue weighted by Gasteiger charge is 2.31. The third-order valence-corrected chi connectivity index (χ3v) is 9.01. The Morgan fingerprint density at radius 1 is 1.07 bits per heavy atom. The van der Waals surface area contributed by atoms with Crippen LogP contribution in [-0.4, -0.2) is 77.6 Å². The molecule has 0 bridgehead atoms. The summed E-state index contributed by atoms with van der Waals surface area (Å²) in [6.45, 7) is 7.80. The number of nitrogens with zero attached hydrogens (tertiary/aromatic N) is 5. The number of amides is 1. The van der Waals surface area contributed by atoms with Gasteiger partial charge < -0.3 is 19.4 Å². The van der Waals surface area contributed by atoms with E-state index in [0.29, 0.717) is 53.7 Å². The van der Waals surface area contributed by atoms with Crippen molar-refractivity contribution in [2.24, 2.45) is 0 Å². The molecule has 10 heteroatoms. The molecular formula is C32H32Cl2FN5O2. The Morgan fingerprint density at radius 3 is 2.57 bits per heavy atom. The molecule has 218 valence electrons. The largest absolute Gasteiger partial charge is 0.462 e. The molecule has 42 heavy (non-hydrogen) atoms. The highest BCUT2D eigenvalue weighted by atomic mass is 35.5. The van der Waals surface area contributed by atoms with Crippen LogP contribution in [0.25, 0.3) is 32.8 Å². The molecule has 0 unspecified atom stereocenters. The zero-order chi connectivity index (χ0) is 29.5. The zero-order valence-corrected chi connectivity index (χ0v) is 25.1. The van der Waals surface area contributed by atoms with Crippen molar-refractivity contribution in [2.45, 2.75) is 31.8 Å². The Balaban J connectivity index is 1.44. The molecule has 2 atom stereocenters. The summed E-state index contributed by atoms with van der Waals surface area (Å²) in [6, 6.07) is 16.1. The second-order valence-corrected chi connectivity index (χ2v) is 11.9. The van der Waals surface area contributed by atoms with E-state index in [4.69, 9.17) is 37.9 Å². The molecule has 2 aliphatic rings. The predicted octanol–water partition coefficient (Wildman–Crippen LogP) is 6.75. The van der Waals surface area contributed by atoms with Crippen LogP contribution < -0.4 is 9.64 Å². The van der Waals surface area contributed by atoms with E-state index in [-0.39, 0.29) is 12.1 Å². The average molecular weight is 609 g/mol. The van der Waals surface area contributed by atoms with Crippen LogP contribution in [0.2, 0.25) is 10.0 Å². The summed E-state index contributed by atoms with van der Waals surface area (Å²) in [4.78, 5) is 27.9. The molecule has 2 saturated heterocycles. The quantitative estimate of drug-likeness (QED) is 0.226. The first-order chi connectivity index (χ1) is 20.2. The van der Waals surface area contributed by atoms with E-state index in [1.54, 1.807) is 0 Å². The molecule has 4 aromatic rings. The molecular weight excluding hydrogens is 576 g/mol. The van der Waals surface area contributed by atoms with Gasteiger partial charge in [-0.05, 0) is 62.5 Å². The van der Waals surface area contributed by atoms with Gasteiger partial charge in [0.05, 0.1) is 5.52 Å². The normalized spacial score (nSPS) is 19.5. The van der Waals surface area contributed by atoms with E-state index in [2.05, 4.69) is 23.4 Å². The van der Waals surface area contributed by atoms with Crippen molar-refractivity contribution in [1.82, 2.24) is 19.8 Å². The fraction of sp³-hybridized carbons (Fsp3) is 0.344. The van der Waals surface area contributed by atoms with Gasteiger partial charge in [-0.3, -0.25) is 4.79 Å². The van der Waals surface area contributed by atoms with Gasteiger partial charge in [0.1, 0.15) is 12.4 Å². The van der Waals surface area contributed by atoms with Gasteiger partial charge in [0.15, 0.2) is 5.83 Å². The van der Waals surface area contributed by atoms with Gasteiger partial charge in [-0.2, -0.15) is 9.97 Å². The summed E-state index contributed by atoms with van der Waals surface area (Å²) >= 11 is 13.6. The summed E-state index contributed by atoms with van der Waals surface area (Å²) in [5, 5.41) is 3.88. The van der Waals surface area contributed by atoms with E-state index in [9.17, 15) is 9.18 Å². The molecule has 0 spiro atoms. The van der Waals surface area contributed by atoms with Crippen molar-refractivity contribution in [3.8, 4) is 17.1 Å². The summed E-state index contributed by atoms with van der Waals surface area (Å²) in [6.07, 6.45) is 2.20. The van der Waals surface area contributed by atoms with Crippen LogP contribution in [0.5, 0.6) is 6.01 Å². The van der Waals surface area contributed by atoms with Crippen LogP contribution in [0.1, 0.15) is 19.8 Å². The summed E-state index contributed by atoms with van der Waals surface area (Å²) < 4.78 is 19.8. The Labute approximate surface area is 254 Å². The maximum Gasteiger partial charge on any atom is 0.319 e. The van der Waals surface area contributed by atoms with E-state index < -0.39 is 11.7 Å². The van der Waals surface area contributed by atoms with Crippen molar-refractivity contribution in [3.05, 3.63) is 71.0 Å². The minimum absolute atomic E-state index is 0.149. The molecule has 0 aliphatic carbocycles. The Kier molecular flexibility index (Phi) is 7.96. The van der Waals surface area contributed by atoms with Crippen molar-refractivity contribution in [3.63, 3.8) is 0 Å². The smallest absolute Gasteiger partial charge is 0.319 e. The monoisotopic (exact) mass is 607 g/mol. The number of fused-ring (bicyclic) bond motifs is 2. The SMILES string of the molecule is C=C(F)C(=O)N1CCN(c2nc(OC[C@@H]3CCCN3C)nc3cc(-c4cccc5cccc(Cl)c45)c(Cl)cc23)[C@@H](C)C1. The predicted molar refractivity (Wildman–Crippen MR) is 167 cm³/mol. The molecule has 7 nitrogen and oxygen atoms in total. The molecule has 2 fully saturated rings. The van der Waals surface area contributed by atoms with Crippen molar-refractivity contribution in [2.75, 3.05) is 44.7 Å². The first-order valence-corrected chi connectivity index (χ1v) is 14.9. The summed E-state index contributed by atoms with van der Waals surface area (Å²) in [5.41, 5.74) is 2.40. The maximum absolute atomic E-state index is 13.6. The van der Waals surface area contributed by atoms with Crippen LogP contribution in [-0.2, 0) is 4.79 Å². The van der Waals surface area contributed by atoms with Crippen LogP contribution in [0.3, 0.4) is 0 Å². The van der Waals surface area contributed by atoms with E-state index in [1.165, 1.54) is 4.90 Å². The van der Waals surface area contributed by atoms with Gasteiger partial charge in [-0.15, -0.1) is 0 Å². The van der Waals surface area contributed by atoms with Gasteiger partial charge in [0.2, 0.25) is 0 Å². The lowest BCUT2D eigenvalue weighted by atomic mass is 9.97. The second kappa shape index (κ2) is 11.7. The van der Waals surface area contributed by atoms with E-state index in [1.807, 2.05) is 55.5 Å². The van der Waals surface area contributed by atoms with Crippen molar-refractivity contribution in [1.29, 1.82) is 0 Å². The number of halogens is 3. The number of anilines is 1. The molecule has 0 radical (unpaired) electrons. The Bertz CT molecular complexity index is 1690. The Hall–Kier alpha value is -3.46. The number of benzene rings is 3. The van der Waals surface area contributed by atoms with E-state index in [0.717, 1.165) is 46.7 Å². The van der Waals surface area contributed by atoms with Crippen LogP contribution in [0.15, 0.2) is 60.9 Å². The molecule has 1 aromatic heterocycles. The first-order valence-electron chi connectivity index (χ1n) is 14.1. The number of hydrogen-bond acceptors (Lipinski definition) is 6. The number of aromatic nitrogens is 2. The van der Waals surface area contributed by atoms with Gasteiger partial charge in [-0.1, -0.05) is 60.1 Å². The number of hydrogen-bond donors (Lipinski definition) is 0. The molecule has 2 aliphatic heterocycles. The molecule has 0 N–H and O–H groups in total. The lowest BCUT2D eigenvalue weighted by Crippen LogP contribution is -2.54. The maximum atomic E-state index is 13.6. The topological polar surface area (TPSA) is 61.8 Å². The lowest BCUT2D eigenvalue weighted by Gasteiger charge is -2.40. The number of ether oxygens (including phenoxy) is 1. The van der Waals surface area contributed by atoms with Gasteiger partial charge in [0, 0.05) is 58.1 Å². The minimum atomic E-state index is -0.955. The number of likely N-dealkylation sites (N-methyl/N-ethyl adjacent to an activating group) is 1. The van der Waals surface area contributed by atoms with E-state index >= 15 is 0 Å². The highest BCUT2D eigenvalue weighted by molar-refractivity contribution is 6.38. The lowest BCUT2D eigenvalue weighted by molar-refractivity contribution is -0.129. The Morgan fingerprint density at radius 2 is 1.86 bits per heavy atom. The molecule has 3 heterocycles. The van der Waals surface area contributed by atoms with Crippen LogP contribution >= 0.6 is 23.2 Å². The van der Waals surface area contributed by atoms with Crippen molar-refractivity contribution >= 4 is 56.6 Å². The fourth-order valence-corrected chi connectivity index (χ4v) is 6.66. The van der Waals surface area contributed by atoms with Gasteiger partial charge >= 0.3 is 6.01 Å². The standard InChI is InChI=1S/C32H32Cl2FN5O2/c1-19-17-39(31(41)20(2)35)13-14-40(19)30-25-15-27(34)24(23-10-4-7-21-8-5-11-26(33)29(21)23)16-28(25)36-32(37-30)42-18-22-9-6-12-38(22)3/h4-5,7-8,10-11,15-16,19,22H,2,6,9,12-14,17-18H2,1,3H3/t19-,22-/m0/s1. The first kappa shape index (κ1) is 28.6. The number of carbonyl (C=O) groups is 1. The third kappa shape index (κ3) is 5.39. The van der Waals surface area contributed by atoms with Gasteiger partial charge in [-0.25, -0.2) is 4.39 Å². The molecule has 0 saturated carbocycles. The van der Waals surface area contributed by atoms with Crippen molar-refractivity contribution < 1.29 is 13.9 Å². The summed E-state index contributed by atoms with van der Waals surface area (Å²) in [5.74, 6) is -0.971. The fourth-order valence-electron chi connectivity index (χ4n) is 6.11. The highest BCUT2D eigenvalue weighted by Crippen LogP contribution is 2.41. The second-order valence-electron chi connectivity index (χ2n) is 11.1. The zero-order valence-electron chi connectivity index (χ0n) is 23.6. The number of rotatable bonds is 6. The van der Waals surface area contributed by atoms with Crippen LogP contribution in [0, 0.1) is 0 Å². The summed E-state index contributed by atoms with van der Waals surface area (Å²) in [7, 11) is 2.10. The van der Waals surface area contributed by atoms with Gasteiger partial charge in [0.25, 0.3) is 5.91 Å². The average Bonchev–Trinajstić information content (AvgIpc) is 3.39. The molecule has 3 aromatic carbocycles. The third-order valence-electron chi connectivity index (χ3n) is 8.38. The number of piperazine rings is 1. The molecule has 6 rings (SSSR count). The minimum Gasteiger partial charge on any atom is -0.462 e.